The lowest BCUT2D eigenvalue weighted by Crippen LogP contribution is -2.38. The Bertz CT molecular complexity index is 610. The molecule has 1 amide bonds. The average molecular weight is 317 g/mol. The van der Waals surface area contributed by atoms with Crippen LogP contribution < -0.4 is 5.32 Å². The number of aliphatic imine (C=N–C) groups is 1. The van der Waals surface area contributed by atoms with Crippen LogP contribution >= 0.6 is 11.8 Å². The van der Waals surface area contributed by atoms with Gasteiger partial charge in [-0.15, -0.1) is 0 Å². The third kappa shape index (κ3) is 3.71. The van der Waals surface area contributed by atoms with Gasteiger partial charge in [0, 0.05) is 24.4 Å². The highest BCUT2D eigenvalue weighted by Gasteiger charge is 2.21. The molecule has 22 heavy (non-hydrogen) atoms. The first-order valence-electron chi connectivity index (χ1n) is 7.43. The van der Waals surface area contributed by atoms with E-state index in [9.17, 15) is 4.79 Å². The Kier molecular flexibility index (Phi) is 5.29. The monoisotopic (exact) mass is 317 g/mol. The van der Waals surface area contributed by atoms with E-state index in [0.29, 0.717) is 11.7 Å². The van der Waals surface area contributed by atoms with Gasteiger partial charge in [-0.3, -0.25) is 4.79 Å². The second-order valence-electron chi connectivity index (χ2n) is 5.81. The molecule has 1 aliphatic heterocycles. The van der Waals surface area contributed by atoms with Gasteiger partial charge in [-0.25, -0.2) is 4.99 Å². The Morgan fingerprint density at radius 3 is 2.73 bits per heavy atom. The zero-order chi connectivity index (χ0) is 16.3. The fraction of sp³-hybridized carbons (Fsp3) is 0.412. The first-order valence-corrected chi connectivity index (χ1v) is 8.41. The van der Waals surface area contributed by atoms with Crippen LogP contribution in [0.15, 0.2) is 35.8 Å². The smallest absolute Gasteiger partial charge is 0.230 e. The molecule has 1 aliphatic rings. The molecule has 0 spiro atoms. The van der Waals surface area contributed by atoms with Gasteiger partial charge in [0.05, 0.1) is 11.4 Å². The van der Waals surface area contributed by atoms with Crippen molar-refractivity contribution in [2.24, 2.45) is 10.9 Å². The molecule has 0 fully saturated rings. The van der Waals surface area contributed by atoms with Crippen molar-refractivity contribution in [3.8, 4) is 0 Å². The van der Waals surface area contributed by atoms with E-state index in [-0.39, 0.29) is 11.9 Å². The Morgan fingerprint density at radius 2 is 2.05 bits per heavy atom. The molecule has 1 N–H and O–H groups in total. The number of rotatable bonds is 4. The summed E-state index contributed by atoms with van der Waals surface area (Å²) in [5, 5.41) is 3.81. The highest BCUT2D eigenvalue weighted by atomic mass is 32.2. The second-order valence-corrected chi connectivity index (χ2v) is 6.75. The maximum absolute atomic E-state index is 12.0. The number of amides is 1. The summed E-state index contributed by atoms with van der Waals surface area (Å²) < 4.78 is 0. The van der Waals surface area contributed by atoms with E-state index in [4.69, 9.17) is 0 Å². The summed E-state index contributed by atoms with van der Waals surface area (Å²) in [6.07, 6.45) is 0. The van der Waals surface area contributed by atoms with Crippen molar-refractivity contribution in [3.63, 3.8) is 0 Å². The number of nitrogens with zero attached hydrogens (tertiary/aromatic N) is 2. The zero-order valence-electron chi connectivity index (χ0n) is 13.6. The van der Waals surface area contributed by atoms with Gasteiger partial charge in [-0.1, -0.05) is 50.4 Å². The number of carbonyl (C=O) groups is 1. The number of fused-ring (bicyclic) bond motifs is 1. The maximum atomic E-state index is 12.0. The first-order chi connectivity index (χ1) is 10.4. The number of amidine groups is 1. The molecule has 0 unspecified atom stereocenters. The van der Waals surface area contributed by atoms with E-state index in [1.165, 1.54) is 11.8 Å². The predicted molar refractivity (Wildman–Crippen MR) is 95.2 cm³/mol. The van der Waals surface area contributed by atoms with Gasteiger partial charge in [0.2, 0.25) is 5.91 Å². The van der Waals surface area contributed by atoms with E-state index in [1.54, 1.807) is 0 Å². The molecule has 2 rings (SSSR count). The third-order valence-corrected chi connectivity index (χ3v) is 4.87. The number of benzene rings is 1. The van der Waals surface area contributed by atoms with Crippen molar-refractivity contribution in [2.45, 2.75) is 26.8 Å². The van der Waals surface area contributed by atoms with Crippen LogP contribution in [0.5, 0.6) is 0 Å². The standard InChI is InChI=1S/C17H23N3OS/c1-11(2)12(3)18-16(21)10-22-17-19-15-9-7-6-8-14(15)13(4)20(17)5/h6-9,11-12H,4,10H2,1-3,5H3,(H,18,21)/t12-/m0/s1. The lowest BCUT2D eigenvalue weighted by molar-refractivity contribution is -0.119. The molecule has 0 bridgehead atoms. The van der Waals surface area contributed by atoms with E-state index in [1.807, 2.05) is 43.1 Å². The van der Waals surface area contributed by atoms with Gasteiger partial charge < -0.3 is 10.2 Å². The highest BCUT2D eigenvalue weighted by Crippen LogP contribution is 2.34. The van der Waals surface area contributed by atoms with Gasteiger partial charge in [-0.05, 0) is 18.9 Å². The quantitative estimate of drug-likeness (QED) is 0.924. The highest BCUT2D eigenvalue weighted by molar-refractivity contribution is 8.14. The van der Waals surface area contributed by atoms with E-state index in [2.05, 4.69) is 30.7 Å². The molecule has 0 radical (unpaired) electrons. The normalized spacial score (nSPS) is 15.4. The molecular formula is C17H23N3OS. The minimum atomic E-state index is 0.0340. The lowest BCUT2D eigenvalue weighted by Gasteiger charge is -2.28. The van der Waals surface area contributed by atoms with Gasteiger partial charge in [0.1, 0.15) is 0 Å². The molecular weight excluding hydrogens is 294 g/mol. The molecule has 1 aromatic carbocycles. The first kappa shape index (κ1) is 16.6. The average Bonchev–Trinajstić information content (AvgIpc) is 2.49. The van der Waals surface area contributed by atoms with E-state index < -0.39 is 0 Å². The van der Waals surface area contributed by atoms with Crippen LogP contribution in [-0.2, 0) is 4.79 Å². The van der Waals surface area contributed by atoms with Crippen LogP contribution in [-0.4, -0.2) is 34.8 Å². The predicted octanol–water partition coefficient (Wildman–Crippen LogP) is 3.48. The van der Waals surface area contributed by atoms with Gasteiger partial charge in [0.15, 0.2) is 5.17 Å². The van der Waals surface area contributed by atoms with Crippen molar-refractivity contribution >= 4 is 34.2 Å². The lowest BCUT2D eigenvalue weighted by atomic mass is 10.1. The summed E-state index contributed by atoms with van der Waals surface area (Å²) >= 11 is 1.44. The molecule has 0 saturated heterocycles. The summed E-state index contributed by atoms with van der Waals surface area (Å²) in [6.45, 7) is 10.3. The van der Waals surface area contributed by atoms with Crippen LogP contribution in [0.2, 0.25) is 0 Å². The molecule has 0 aliphatic carbocycles. The molecule has 5 heteroatoms. The van der Waals surface area contributed by atoms with Crippen LogP contribution in [0, 0.1) is 5.92 Å². The summed E-state index contributed by atoms with van der Waals surface area (Å²) in [6, 6.07) is 8.09. The number of carbonyl (C=O) groups excluding carboxylic acids is 1. The minimum Gasteiger partial charge on any atom is -0.353 e. The Labute approximate surface area is 136 Å². The van der Waals surface area contributed by atoms with Gasteiger partial charge in [-0.2, -0.15) is 0 Å². The Balaban J connectivity index is 2.03. The van der Waals surface area contributed by atoms with Crippen molar-refractivity contribution < 1.29 is 4.79 Å². The van der Waals surface area contributed by atoms with Gasteiger partial charge in [0.25, 0.3) is 0 Å². The van der Waals surface area contributed by atoms with Crippen LogP contribution in [0.4, 0.5) is 5.69 Å². The fourth-order valence-corrected chi connectivity index (χ4v) is 2.82. The number of hydrogen-bond acceptors (Lipinski definition) is 4. The van der Waals surface area contributed by atoms with Crippen molar-refractivity contribution in [3.05, 3.63) is 36.4 Å². The third-order valence-electron chi connectivity index (χ3n) is 3.84. The number of hydrogen-bond donors (Lipinski definition) is 1. The molecule has 0 aromatic heterocycles. The molecule has 1 heterocycles. The maximum Gasteiger partial charge on any atom is 0.230 e. The van der Waals surface area contributed by atoms with Crippen molar-refractivity contribution in [1.29, 1.82) is 0 Å². The molecule has 0 saturated carbocycles. The van der Waals surface area contributed by atoms with E-state index >= 15 is 0 Å². The largest absolute Gasteiger partial charge is 0.353 e. The SMILES string of the molecule is C=C1c2ccccc2N=C(SCC(=O)N[C@@H](C)C(C)C)N1C. The molecule has 118 valence electrons. The number of nitrogens with one attached hydrogen (secondary N) is 1. The number of para-hydroxylation sites is 1. The summed E-state index contributed by atoms with van der Waals surface area (Å²) in [5.41, 5.74) is 2.85. The fourth-order valence-electron chi connectivity index (χ4n) is 2.01. The van der Waals surface area contributed by atoms with Crippen molar-refractivity contribution in [2.75, 3.05) is 12.8 Å². The Hall–Kier alpha value is -1.75. The van der Waals surface area contributed by atoms with Crippen LogP contribution in [0.3, 0.4) is 0 Å². The van der Waals surface area contributed by atoms with E-state index in [0.717, 1.165) is 22.1 Å². The summed E-state index contributed by atoms with van der Waals surface area (Å²) in [5.74, 6) is 0.817. The van der Waals surface area contributed by atoms with Gasteiger partial charge >= 0.3 is 0 Å². The summed E-state index contributed by atoms with van der Waals surface area (Å²) in [7, 11) is 1.93. The zero-order valence-corrected chi connectivity index (χ0v) is 14.4. The molecule has 1 atom stereocenters. The van der Waals surface area contributed by atoms with Crippen LogP contribution in [0.25, 0.3) is 5.70 Å². The van der Waals surface area contributed by atoms with Crippen LogP contribution in [0.1, 0.15) is 26.3 Å². The second kappa shape index (κ2) is 7.01. The molecule has 4 nitrogen and oxygen atoms in total. The molecule has 1 aromatic rings. The minimum absolute atomic E-state index is 0.0340. The Morgan fingerprint density at radius 1 is 1.36 bits per heavy atom. The number of thioether (sulfide) groups is 1. The van der Waals surface area contributed by atoms with Crippen molar-refractivity contribution in [1.82, 2.24) is 10.2 Å². The summed E-state index contributed by atoms with van der Waals surface area (Å²) in [4.78, 5) is 18.6. The topological polar surface area (TPSA) is 44.7 Å².